The number of carbonyl (C=O) groups excluding carboxylic acids is 1. The number of sulfonamides is 1. The first-order valence-corrected chi connectivity index (χ1v) is 12.7. The number of hydrogen-bond acceptors (Lipinski definition) is 6. The van der Waals surface area contributed by atoms with E-state index in [1.807, 2.05) is 32.0 Å². The first-order valence-electron chi connectivity index (χ1n) is 11.3. The number of nitrogens with zero attached hydrogens (tertiary/aromatic N) is 1. The maximum atomic E-state index is 13.5. The van der Waals surface area contributed by atoms with Crippen LogP contribution in [0.15, 0.2) is 71.6 Å². The van der Waals surface area contributed by atoms with Crippen molar-refractivity contribution in [1.82, 2.24) is 5.32 Å². The van der Waals surface area contributed by atoms with E-state index >= 15 is 0 Å². The van der Waals surface area contributed by atoms with E-state index in [4.69, 9.17) is 14.2 Å². The maximum Gasteiger partial charge on any atom is 0.264 e. The fourth-order valence-corrected chi connectivity index (χ4v) is 5.01. The van der Waals surface area contributed by atoms with Gasteiger partial charge in [0.25, 0.3) is 10.0 Å². The molecule has 0 saturated carbocycles. The Kier molecular flexibility index (Phi) is 7.45. The van der Waals surface area contributed by atoms with E-state index in [0.29, 0.717) is 36.1 Å². The zero-order valence-corrected chi connectivity index (χ0v) is 20.5. The molecule has 1 N–H and O–H groups in total. The van der Waals surface area contributed by atoms with Crippen molar-refractivity contribution in [3.8, 4) is 17.2 Å². The normalized spacial score (nSPS) is 12.6. The Labute approximate surface area is 205 Å². The van der Waals surface area contributed by atoms with Crippen LogP contribution in [0.1, 0.15) is 11.1 Å². The lowest BCUT2D eigenvalue weighted by atomic mass is 10.1. The standard InChI is InChI=1S/C26H28N2O6S/c1-19-8-10-22(16-20(19)2)32-13-12-27-26(29)18-28(35(30,31)23-6-4-3-5-7-23)21-9-11-24-25(17-21)34-15-14-33-24/h3-11,16-17H,12-15,18H2,1-2H3,(H,27,29). The van der Waals surface area contributed by atoms with E-state index in [9.17, 15) is 13.2 Å². The molecule has 9 heteroatoms. The molecule has 0 aliphatic carbocycles. The molecule has 1 aliphatic heterocycles. The van der Waals surface area contributed by atoms with Gasteiger partial charge in [-0.3, -0.25) is 9.10 Å². The van der Waals surface area contributed by atoms with Crippen molar-refractivity contribution in [1.29, 1.82) is 0 Å². The summed E-state index contributed by atoms with van der Waals surface area (Å²) in [6.07, 6.45) is 0. The van der Waals surface area contributed by atoms with Crippen LogP contribution in [0.25, 0.3) is 0 Å². The number of nitrogens with one attached hydrogen (secondary N) is 1. The number of rotatable bonds is 9. The van der Waals surface area contributed by atoms with Crippen molar-refractivity contribution in [3.63, 3.8) is 0 Å². The molecule has 35 heavy (non-hydrogen) atoms. The third kappa shape index (κ3) is 5.86. The largest absolute Gasteiger partial charge is 0.492 e. The van der Waals surface area contributed by atoms with Crippen LogP contribution in [0.5, 0.6) is 17.2 Å². The number of ether oxygens (including phenoxy) is 3. The van der Waals surface area contributed by atoms with Gasteiger partial charge < -0.3 is 19.5 Å². The highest BCUT2D eigenvalue weighted by molar-refractivity contribution is 7.92. The Balaban J connectivity index is 1.47. The molecule has 8 nitrogen and oxygen atoms in total. The Morgan fingerprint density at radius 2 is 1.69 bits per heavy atom. The summed E-state index contributed by atoms with van der Waals surface area (Å²) in [5, 5.41) is 2.74. The van der Waals surface area contributed by atoms with Crippen LogP contribution in [0, 0.1) is 13.8 Å². The molecule has 0 radical (unpaired) electrons. The van der Waals surface area contributed by atoms with Gasteiger partial charge in [0.05, 0.1) is 17.1 Å². The minimum absolute atomic E-state index is 0.0840. The van der Waals surface area contributed by atoms with Crippen molar-refractivity contribution in [3.05, 3.63) is 77.9 Å². The number of amides is 1. The molecule has 3 aromatic carbocycles. The molecule has 4 rings (SSSR count). The molecule has 3 aromatic rings. The Hall–Kier alpha value is -3.72. The Bertz CT molecular complexity index is 1290. The van der Waals surface area contributed by atoms with Gasteiger partial charge in [-0.25, -0.2) is 8.42 Å². The zero-order chi connectivity index (χ0) is 24.8. The molecule has 0 saturated heterocycles. The topological polar surface area (TPSA) is 94.2 Å². The number of hydrogen-bond donors (Lipinski definition) is 1. The van der Waals surface area contributed by atoms with Crippen LogP contribution >= 0.6 is 0 Å². The van der Waals surface area contributed by atoms with Crippen molar-refractivity contribution in [2.24, 2.45) is 0 Å². The summed E-state index contributed by atoms with van der Waals surface area (Å²) in [4.78, 5) is 12.9. The van der Waals surface area contributed by atoms with Crippen LogP contribution in [-0.2, 0) is 14.8 Å². The van der Waals surface area contributed by atoms with E-state index in [2.05, 4.69) is 5.32 Å². The molecular weight excluding hydrogens is 468 g/mol. The fourth-order valence-electron chi connectivity index (χ4n) is 3.57. The predicted molar refractivity (Wildman–Crippen MR) is 133 cm³/mol. The molecular formula is C26H28N2O6S. The summed E-state index contributed by atoms with van der Waals surface area (Å²) in [5.74, 6) is 1.23. The second kappa shape index (κ2) is 10.7. The summed E-state index contributed by atoms with van der Waals surface area (Å²) in [6.45, 7) is 4.89. The van der Waals surface area contributed by atoms with Crippen molar-refractivity contribution < 1.29 is 27.4 Å². The number of benzene rings is 3. The second-order valence-electron chi connectivity index (χ2n) is 8.10. The summed E-state index contributed by atoms with van der Waals surface area (Å²) >= 11 is 0. The molecule has 1 amide bonds. The Morgan fingerprint density at radius 1 is 0.943 bits per heavy atom. The van der Waals surface area contributed by atoms with Crippen LogP contribution < -0.4 is 23.8 Å². The molecule has 0 unspecified atom stereocenters. The molecule has 184 valence electrons. The van der Waals surface area contributed by atoms with Gasteiger partial charge in [-0.2, -0.15) is 0 Å². The number of anilines is 1. The van der Waals surface area contributed by atoms with E-state index in [1.165, 1.54) is 17.7 Å². The van der Waals surface area contributed by atoms with Crippen LogP contribution in [0.3, 0.4) is 0 Å². The molecule has 0 atom stereocenters. The highest BCUT2D eigenvalue weighted by Crippen LogP contribution is 2.35. The van der Waals surface area contributed by atoms with Crippen LogP contribution in [-0.4, -0.2) is 47.2 Å². The predicted octanol–water partition coefficient (Wildman–Crippen LogP) is 3.47. The van der Waals surface area contributed by atoms with Gasteiger partial charge in [0.15, 0.2) is 11.5 Å². The first kappa shape index (κ1) is 24.4. The van der Waals surface area contributed by atoms with Gasteiger partial charge in [-0.1, -0.05) is 24.3 Å². The third-order valence-electron chi connectivity index (χ3n) is 5.60. The van der Waals surface area contributed by atoms with Crippen molar-refractivity contribution in [2.75, 3.05) is 37.2 Å². The van der Waals surface area contributed by atoms with Gasteiger partial charge in [0.1, 0.15) is 32.1 Å². The van der Waals surface area contributed by atoms with Crippen LogP contribution in [0.4, 0.5) is 5.69 Å². The molecule has 0 bridgehead atoms. The highest BCUT2D eigenvalue weighted by Gasteiger charge is 2.28. The highest BCUT2D eigenvalue weighted by atomic mass is 32.2. The molecule has 1 heterocycles. The average Bonchev–Trinajstić information content (AvgIpc) is 2.87. The van der Waals surface area contributed by atoms with Crippen molar-refractivity contribution >= 4 is 21.6 Å². The minimum atomic E-state index is -4.01. The average molecular weight is 497 g/mol. The van der Waals surface area contributed by atoms with Crippen molar-refractivity contribution in [2.45, 2.75) is 18.7 Å². The van der Waals surface area contributed by atoms with E-state index in [0.717, 1.165) is 9.87 Å². The summed E-state index contributed by atoms with van der Waals surface area (Å²) in [5.41, 5.74) is 2.59. The smallest absolute Gasteiger partial charge is 0.264 e. The van der Waals surface area contributed by atoms with Gasteiger partial charge in [-0.15, -0.1) is 0 Å². The van der Waals surface area contributed by atoms with Crippen LogP contribution in [0.2, 0.25) is 0 Å². The quantitative estimate of drug-likeness (QED) is 0.456. The van der Waals surface area contributed by atoms with Gasteiger partial charge in [0, 0.05) is 6.07 Å². The summed E-state index contributed by atoms with van der Waals surface area (Å²) in [7, 11) is -4.01. The fraction of sp³-hybridized carbons (Fsp3) is 0.269. The lowest BCUT2D eigenvalue weighted by Gasteiger charge is -2.26. The maximum absolute atomic E-state index is 13.5. The minimum Gasteiger partial charge on any atom is -0.492 e. The van der Waals surface area contributed by atoms with Gasteiger partial charge >= 0.3 is 0 Å². The summed E-state index contributed by atoms with van der Waals surface area (Å²) < 4.78 is 44.8. The number of carbonyl (C=O) groups is 1. The molecule has 0 spiro atoms. The number of fused-ring (bicyclic) bond motifs is 1. The summed E-state index contributed by atoms with van der Waals surface area (Å²) in [6, 6.07) is 18.6. The Morgan fingerprint density at radius 3 is 2.43 bits per heavy atom. The lowest BCUT2D eigenvalue weighted by Crippen LogP contribution is -2.42. The van der Waals surface area contributed by atoms with E-state index in [1.54, 1.807) is 36.4 Å². The molecule has 0 fully saturated rings. The number of aryl methyl sites for hydroxylation is 2. The SMILES string of the molecule is Cc1ccc(OCCNC(=O)CN(c2ccc3c(c2)OCCO3)S(=O)(=O)c2ccccc2)cc1C. The van der Waals surface area contributed by atoms with Gasteiger partial charge in [-0.05, 0) is 61.4 Å². The van der Waals surface area contributed by atoms with E-state index in [-0.39, 0.29) is 18.0 Å². The molecule has 1 aliphatic rings. The lowest BCUT2D eigenvalue weighted by molar-refractivity contribution is -0.119. The van der Waals surface area contributed by atoms with E-state index < -0.39 is 22.5 Å². The molecule has 0 aromatic heterocycles. The van der Waals surface area contributed by atoms with Gasteiger partial charge in [0.2, 0.25) is 5.91 Å². The zero-order valence-electron chi connectivity index (χ0n) is 19.7. The third-order valence-corrected chi connectivity index (χ3v) is 7.39. The second-order valence-corrected chi connectivity index (χ2v) is 9.96. The monoisotopic (exact) mass is 496 g/mol. The first-order chi connectivity index (χ1) is 16.8.